The monoisotopic (exact) mass is 234 g/mol. The van der Waals surface area contributed by atoms with Crippen molar-refractivity contribution in [2.24, 2.45) is 23.7 Å². The van der Waals surface area contributed by atoms with Gasteiger partial charge in [0.05, 0.1) is 12.4 Å². The van der Waals surface area contributed by atoms with Gasteiger partial charge in [0, 0.05) is 11.8 Å². The van der Waals surface area contributed by atoms with Gasteiger partial charge in [0.15, 0.2) is 12.6 Å². The highest BCUT2D eigenvalue weighted by Gasteiger charge is 2.54. The lowest BCUT2D eigenvalue weighted by Gasteiger charge is -2.35. The third kappa shape index (κ3) is 1.56. The van der Waals surface area contributed by atoms with Gasteiger partial charge in [-0.25, -0.2) is 0 Å². The molecular formula is C14H18O3. The minimum atomic E-state index is 0.00780. The molecule has 3 heteroatoms. The van der Waals surface area contributed by atoms with Gasteiger partial charge in [0.25, 0.3) is 0 Å². The van der Waals surface area contributed by atoms with Crippen LogP contribution in [0.4, 0.5) is 0 Å². The van der Waals surface area contributed by atoms with Crippen molar-refractivity contribution in [1.29, 1.82) is 0 Å². The van der Waals surface area contributed by atoms with E-state index in [1.165, 1.54) is 18.6 Å². The van der Waals surface area contributed by atoms with Gasteiger partial charge in [-0.1, -0.05) is 12.2 Å². The summed E-state index contributed by atoms with van der Waals surface area (Å²) in [6.45, 7) is 2.85. The van der Waals surface area contributed by atoms with Crippen molar-refractivity contribution in [2.75, 3.05) is 6.61 Å². The molecule has 3 nitrogen and oxygen atoms in total. The van der Waals surface area contributed by atoms with Gasteiger partial charge >= 0.3 is 0 Å². The molecule has 4 aliphatic rings. The lowest BCUT2D eigenvalue weighted by atomic mass is 9.82. The van der Waals surface area contributed by atoms with E-state index in [-0.39, 0.29) is 12.6 Å². The van der Waals surface area contributed by atoms with Crippen molar-refractivity contribution >= 4 is 0 Å². The Morgan fingerprint density at radius 2 is 2.12 bits per heavy atom. The molecule has 0 bridgehead atoms. The Balaban J connectivity index is 1.44. The first-order valence-corrected chi connectivity index (χ1v) is 6.65. The summed E-state index contributed by atoms with van der Waals surface area (Å²) in [6, 6.07) is 0. The Bertz CT molecular complexity index is 381. The highest BCUT2D eigenvalue weighted by Crippen LogP contribution is 2.55. The predicted molar refractivity (Wildman–Crippen MR) is 61.8 cm³/mol. The highest BCUT2D eigenvalue weighted by molar-refractivity contribution is 5.23. The number of hydrogen-bond donors (Lipinski definition) is 0. The topological polar surface area (TPSA) is 27.7 Å². The largest absolute Gasteiger partial charge is 0.498 e. The molecule has 0 aromatic carbocycles. The van der Waals surface area contributed by atoms with Gasteiger partial charge < -0.3 is 14.2 Å². The molecule has 0 aromatic rings. The van der Waals surface area contributed by atoms with Crippen LogP contribution in [-0.2, 0) is 14.2 Å². The van der Waals surface area contributed by atoms with Crippen molar-refractivity contribution in [3.8, 4) is 0 Å². The van der Waals surface area contributed by atoms with Gasteiger partial charge in [-0.2, -0.15) is 0 Å². The molecule has 4 rings (SSSR count). The van der Waals surface area contributed by atoms with Crippen LogP contribution in [0.1, 0.15) is 19.8 Å². The lowest BCUT2D eigenvalue weighted by molar-refractivity contribution is -0.384. The zero-order chi connectivity index (χ0) is 11.4. The van der Waals surface area contributed by atoms with Gasteiger partial charge in [-0.05, 0) is 37.7 Å². The molecular weight excluding hydrogens is 216 g/mol. The van der Waals surface area contributed by atoms with E-state index in [2.05, 4.69) is 18.2 Å². The first-order valence-electron chi connectivity index (χ1n) is 6.65. The van der Waals surface area contributed by atoms with Crippen molar-refractivity contribution in [2.45, 2.75) is 32.3 Å². The lowest BCUT2D eigenvalue weighted by Crippen LogP contribution is -2.41. The van der Waals surface area contributed by atoms with E-state index in [1.807, 2.05) is 6.92 Å². The molecule has 2 unspecified atom stereocenters. The average Bonchev–Trinajstić information content (AvgIpc) is 2.91. The van der Waals surface area contributed by atoms with Crippen LogP contribution < -0.4 is 0 Å². The van der Waals surface area contributed by atoms with E-state index in [0.29, 0.717) is 17.8 Å². The van der Waals surface area contributed by atoms with Crippen molar-refractivity contribution in [1.82, 2.24) is 0 Å². The van der Waals surface area contributed by atoms with Crippen LogP contribution in [0, 0.1) is 23.7 Å². The first-order chi connectivity index (χ1) is 8.33. The quantitative estimate of drug-likeness (QED) is 0.734. The summed E-state index contributed by atoms with van der Waals surface area (Å²) in [7, 11) is 0. The third-order valence-electron chi connectivity index (χ3n) is 4.51. The second kappa shape index (κ2) is 3.59. The van der Waals surface area contributed by atoms with E-state index in [0.717, 1.165) is 12.5 Å². The smallest absolute Gasteiger partial charge is 0.166 e. The van der Waals surface area contributed by atoms with Crippen LogP contribution in [-0.4, -0.2) is 19.2 Å². The maximum Gasteiger partial charge on any atom is 0.166 e. The fraction of sp³-hybridized carbons (Fsp3) is 0.714. The standard InChI is InChI=1S/C14H18O3/c1-8-16-14(17-8)12-7-11(12)9-3-2-4-13-10(9)5-6-15-13/h2-4,8-12,14H,5-7H2,1H3/t8?,9?,10?,11-,12+,14?/m0/s1. The minimum Gasteiger partial charge on any atom is -0.498 e. The average molecular weight is 234 g/mol. The first kappa shape index (κ1) is 10.2. The fourth-order valence-electron chi connectivity index (χ4n) is 3.54. The van der Waals surface area contributed by atoms with Crippen LogP contribution in [0.2, 0.25) is 0 Å². The zero-order valence-electron chi connectivity index (χ0n) is 10.0. The Hall–Kier alpha value is -0.800. The summed E-state index contributed by atoms with van der Waals surface area (Å²) in [5, 5.41) is 0. The van der Waals surface area contributed by atoms with Crippen LogP contribution in [0.3, 0.4) is 0 Å². The molecule has 92 valence electrons. The Labute approximate surface area is 101 Å². The summed E-state index contributed by atoms with van der Waals surface area (Å²) in [6.07, 6.45) is 9.14. The maximum absolute atomic E-state index is 5.67. The van der Waals surface area contributed by atoms with E-state index in [1.54, 1.807) is 0 Å². The van der Waals surface area contributed by atoms with Crippen LogP contribution in [0.5, 0.6) is 0 Å². The van der Waals surface area contributed by atoms with Gasteiger partial charge in [0.1, 0.15) is 0 Å². The van der Waals surface area contributed by atoms with E-state index < -0.39 is 0 Å². The molecule has 0 amide bonds. The van der Waals surface area contributed by atoms with Crippen LogP contribution in [0.15, 0.2) is 24.0 Å². The molecule has 3 fully saturated rings. The van der Waals surface area contributed by atoms with Crippen molar-refractivity contribution in [3.05, 3.63) is 24.0 Å². The van der Waals surface area contributed by atoms with E-state index in [9.17, 15) is 0 Å². The maximum atomic E-state index is 5.67. The number of hydrogen-bond acceptors (Lipinski definition) is 3. The molecule has 0 radical (unpaired) electrons. The second-order valence-electron chi connectivity index (χ2n) is 5.55. The number of rotatable bonds is 2. The molecule has 2 aliphatic carbocycles. The minimum absolute atomic E-state index is 0.00780. The summed E-state index contributed by atoms with van der Waals surface area (Å²) in [5.74, 6) is 3.81. The third-order valence-corrected chi connectivity index (χ3v) is 4.51. The van der Waals surface area contributed by atoms with Gasteiger partial charge in [-0.3, -0.25) is 0 Å². The molecule has 2 aliphatic heterocycles. The molecule has 1 saturated carbocycles. The van der Waals surface area contributed by atoms with Gasteiger partial charge in [-0.15, -0.1) is 0 Å². The van der Waals surface area contributed by atoms with Crippen LogP contribution in [0.25, 0.3) is 0 Å². The Kier molecular flexibility index (Phi) is 2.15. The number of fused-ring (bicyclic) bond motifs is 1. The van der Waals surface area contributed by atoms with E-state index in [4.69, 9.17) is 14.2 Å². The van der Waals surface area contributed by atoms with E-state index >= 15 is 0 Å². The van der Waals surface area contributed by atoms with Crippen molar-refractivity contribution < 1.29 is 14.2 Å². The normalized spacial score (nSPS) is 51.2. The Morgan fingerprint density at radius 1 is 1.24 bits per heavy atom. The number of ether oxygens (including phenoxy) is 3. The highest BCUT2D eigenvalue weighted by atomic mass is 16.9. The SMILES string of the molecule is CC1OC([C@@H]2C[C@H]2C2C=CC=C3OCCC32)O1. The zero-order valence-corrected chi connectivity index (χ0v) is 10.0. The van der Waals surface area contributed by atoms with Gasteiger partial charge in [0.2, 0.25) is 0 Å². The molecule has 0 aromatic heterocycles. The molecule has 2 saturated heterocycles. The predicted octanol–water partition coefficient (Wildman–Crippen LogP) is 2.45. The molecule has 0 spiro atoms. The molecule has 0 N–H and O–H groups in total. The van der Waals surface area contributed by atoms with Crippen molar-refractivity contribution in [3.63, 3.8) is 0 Å². The number of allylic oxidation sites excluding steroid dienone is 4. The molecule has 4 atom stereocenters. The summed E-state index contributed by atoms with van der Waals surface area (Å²) < 4.78 is 16.9. The molecule has 17 heavy (non-hydrogen) atoms. The Morgan fingerprint density at radius 3 is 2.94 bits per heavy atom. The fourth-order valence-corrected chi connectivity index (χ4v) is 3.54. The summed E-state index contributed by atoms with van der Waals surface area (Å²) in [4.78, 5) is 0. The van der Waals surface area contributed by atoms with Crippen LogP contribution >= 0.6 is 0 Å². The summed E-state index contributed by atoms with van der Waals surface area (Å²) in [5.41, 5.74) is 0. The second-order valence-corrected chi connectivity index (χ2v) is 5.55. The molecule has 2 heterocycles. The summed E-state index contributed by atoms with van der Waals surface area (Å²) >= 11 is 0.